The molecular formula is C19H18N4O5. The van der Waals surface area contributed by atoms with Crippen LogP contribution in [0.2, 0.25) is 0 Å². The van der Waals surface area contributed by atoms with Crippen molar-refractivity contribution in [3.63, 3.8) is 0 Å². The second-order valence-electron chi connectivity index (χ2n) is 6.42. The van der Waals surface area contributed by atoms with Crippen molar-refractivity contribution < 1.29 is 24.2 Å². The smallest absolute Gasteiger partial charge is 0.290 e. The van der Waals surface area contributed by atoms with Crippen molar-refractivity contribution in [1.29, 1.82) is 0 Å². The van der Waals surface area contributed by atoms with E-state index in [1.54, 1.807) is 4.68 Å². The molecular weight excluding hydrogens is 364 g/mol. The van der Waals surface area contributed by atoms with Gasteiger partial charge in [0.05, 0.1) is 11.2 Å². The Labute approximate surface area is 159 Å². The average Bonchev–Trinajstić information content (AvgIpc) is 3.09. The normalized spacial score (nSPS) is 17.2. The highest BCUT2D eigenvalue weighted by atomic mass is 16.6. The summed E-state index contributed by atoms with van der Waals surface area (Å²) in [5.74, 6) is 1.41. The zero-order chi connectivity index (χ0) is 19.7. The van der Waals surface area contributed by atoms with Gasteiger partial charge in [-0.25, -0.2) is 4.68 Å². The molecule has 0 fully saturated rings. The lowest BCUT2D eigenvalue weighted by atomic mass is 9.84. The molecule has 2 aliphatic rings. The van der Waals surface area contributed by atoms with Gasteiger partial charge in [0.25, 0.3) is 6.47 Å². The molecule has 144 valence electrons. The van der Waals surface area contributed by atoms with E-state index in [1.165, 1.54) is 0 Å². The Morgan fingerprint density at radius 1 is 1.21 bits per heavy atom. The fourth-order valence-electron chi connectivity index (χ4n) is 3.60. The minimum absolute atomic E-state index is 0.0226. The number of fused-ring (bicyclic) bond motifs is 4. The number of aryl methyl sites for hydroxylation is 1. The van der Waals surface area contributed by atoms with Crippen LogP contribution < -0.4 is 14.8 Å². The Morgan fingerprint density at radius 2 is 1.96 bits per heavy atom. The van der Waals surface area contributed by atoms with Crippen LogP contribution >= 0.6 is 0 Å². The number of hydrogen-bond acceptors (Lipinski definition) is 6. The van der Waals surface area contributed by atoms with Crippen molar-refractivity contribution in [3.05, 3.63) is 41.5 Å². The maximum atomic E-state index is 12.3. The lowest BCUT2D eigenvalue weighted by Crippen LogP contribution is -2.24. The molecule has 3 aromatic rings. The van der Waals surface area contributed by atoms with Crippen LogP contribution in [0.25, 0.3) is 11.0 Å². The molecule has 1 atom stereocenters. The number of nitrogens with zero attached hydrogens (tertiary/aromatic N) is 3. The largest absolute Gasteiger partial charge is 0.486 e. The monoisotopic (exact) mass is 382 g/mol. The summed E-state index contributed by atoms with van der Waals surface area (Å²) in [4.78, 5) is 20.7. The van der Waals surface area contributed by atoms with E-state index >= 15 is 0 Å². The quantitative estimate of drug-likeness (QED) is 0.618. The van der Waals surface area contributed by atoms with E-state index in [2.05, 4.69) is 15.6 Å². The number of ether oxygens (including phenoxy) is 2. The molecule has 28 heavy (non-hydrogen) atoms. The van der Waals surface area contributed by atoms with Crippen molar-refractivity contribution >= 4 is 29.1 Å². The summed E-state index contributed by atoms with van der Waals surface area (Å²) in [5, 5.41) is 18.1. The molecule has 9 heteroatoms. The second-order valence-corrected chi connectivity index (χ2v) is 6.42. The summed E-state index contributed by atoms with van der Waals surface area (Å²) in [6, 6.07) is 9.93. The molecule has 3 heterocycles. The minimum Gasteiger partial charge on any atom is -0.486 e. The van der Waals surface area contributed by atoms with Crippen LogP contribution in [-0.4, -0.2) is 45.7 Å². The lowest BCUT2D eigenvalue weighted by Gasteiger charge is -2.27. The number of carbonyl (C=O) groups is 2. The standard InChI is InChI=1S/C18H16N4O3.CH2O2/c1-22-13-4-3-11-12(9-16(23)19-17(11)18(13)20-21-22)10-2-5-14-15(8-10)25-7-6-24-14;2-1-3/h2-5,8,12H,6-7,9H2,1H3,(H,19,23);1H,(H,2,3). The van der Waals surface area contributed by atoms with Gasteiger partial charge in [-0.2, -0.15) is 0 Å². The fourth-order valence-corrected chi connectivity index (χ4v) is 3.60. The average molecular weight is 382 g/mol. The molecule has 5 rings (SSSR count). The van der Waals surface area contributed by atoms with Gasteiger partial charge in [-0.1, -0.05) is 17.3 Å². The van der Waals surface area contributed by atoms with Gasteiger partial charge in [0, 0.05) is 19.4 Å². The second kappa shape index (κ2) is 7.18. The SMILES string of the molecule is Cn1nnc2c3c(ccc21)C(c1ccc2c(c1)OCCO2)CC(=O)N3.O=CO. The zero-order valence-corrected chi connectivity index (χ0v) is 15.1. The molecule has 2 aliphatic heterocycles. The number of aromatic nitrogens is 3. The van der Waals surface area contributed by atoms with Crippen molar-refractivity contribution in [2.45, 2.75) is 12.3 Å². The molecule has 0 spiro atoms. The van der Waals surface area contributed by atoms with E-state index in [1.807, 2.05) is 37.4 Å². The van der Waals surface area contributed by atoms with Gasteiger partial charge >= 0.3 is 0 Å². The molecule has 2 aromatic carbocycles. The van der Waals surface area contributed by atoms with Gasteiger partial charge in [-0.3, -0.25) is 9.59 Å². The van der Waals surface area contributed by atoms with Gasteiger partial charge in [0.15, 0.2) is 11.5 Å². The molecule has 2 N–H and O–H groups in total. The summed E-state index contributed by atoms with van der Waals surface area (Å²) < 4.78 is 13.0. The summed E-state index contributed by atoms with van der Waals surface area (Å²) in [6.07, 6.45) is 0.387. The Bertz CT molecular complexity index is 1060. The third kappa shape index (κ3) is 3.00. The summed E-state index contributed by atoms with van der Waals surface area (Å²) in [7, 11) is 1.84. The number of nitrogens with one attached hydrogen (secondary N) is 1. The van der Waals surface area contributed by atoms with E-state index in [9.17, 15) is 4.79 Å². The van der Waals surface area contributed by atoms with Crippen LogP contribution in [0, 0.1) is 0 Å². The summed E-state index contributed by atoms with van der Waals surface area (Å²) in [6.45, 7) is 0.851. The van der Waals surface area contributed by atoms with Crippen LogP contribution in [-0.2, 0) is 16.6 Å². The van der Waals surface area contributed by atoms with Crippen molar-refractivity contribution in [3.8, 4) is 11.5 Å². The zero-order valence-electron chi connectivity index (χ0n) is 15.1. The minimum atomic E-state index is -0.250. The van der Waals surface area contributed by atoms with Gasteiger partial charge in [-0.15, -0.1) is 5.10 Å². The van der Waals surface area contributed by atoms with E-state index in [4.69, 9.17) is 19.4 Å². The van der Waals surface area contributed by atoms with E-state index in [0.717, 1.165) is 39.3 Å². The number of carbonyl (C=O) groups excluding carboxylic acids is 1. The first-order chi connectivity index (χ1) is 13.6. The predicted molar refractivity (Wildman–Crippen MR) is 99.7 cm³/mol. The molecule has 0 saturated carbocycles. The van der Waals surface area contributed by atoms with Gasteiger partial charge in [0.2, 0.25) is 5.91 Å². The third-order valence-corrected chi connectivity index (χ3v) is 4.81. The first-order valence-electron chi connectivity index (χ1n) is 8.72. The summed E-state index contributed by atoms with van der Waals surface area (Å²) >= 11 is 0. The van der Waals surface area contributed by atoms with Crippen LogP contribution in [0.4, 0.5) is 5.69 Å². The molecule has 9 nitrogen and oxygen atoms in total. The lowest BCUT2D eigenvalue weighted by molar-refractivity contribution is -0.123. The number of anilines is 1. The fraction of sp³-hybridized carbons (Fsp3) is 0.263. The number of rotatable bonds is 1. The Balaban J connectivity index is 0.000000604. The molecule has 0 radical (unpaired) electrons. The molecule has 0 bridgehead atoms. The van der Waals surface area contributed by atoms with Crippen LogP contribution in [0.1, 0.15) is 23.5 Å². The van der Waals surface area contributed by atoms with Gasteiger partial charge < -0.3 is 19.9 Å². The third-order valence-electron chi connectivity index (χ3n) is 4.81. The topological polar surface area (TPSA) is 116 Å². The van der Waals surface area contributed by atoms with E-state index in [-0.39, 0.29) is 18.3 Å². The highest BCUT2D eigenvalue weighted by Crippen LogP contribution is 2.42. The Morgan fingerprint density at radius 3 is 2.75 bits per heavy atom. The first kappa shape index (κ1) is 17.8. The predicted octanol–water partition coefficient (Wildman–Crippen LogP) is 1.91. The van der Waals surface area contributed by atoms with E-state index < -0.39 is 0 Å². The van der Waals surface area contributed by atoms with Crippen LogP contribution in [0.5, 0.6) is 11.5 Å². The Kier molecular flexibility index (Phi) is 4.56. The summed E-state index contributed by atoms with van der Waals surface area (Å²) in [5.41, 5.74) is 4.44. The Hall–Kier alpha value is -3.62. The molecule has 0 aliphatic carbocycles. The number of benzene rings is 2. The van der Waals surface area contributed by atoms with Crippen molar-refractivity contribution in [2.75, 3.05) is 18.5 Å². The number of carboxylic acid groups (broad SMARTS) is 1. The molecule has 1 amide bonds. The van der Waals surface area contributed by atoms with Crippen molar-refractivity contribution in [2.24, 2.45) is 7.05 Å². The maximum absolute atomic E-state index is 12.3. The number of hydrogen-bond donors (Lipinski definition) is 2. The number of amides is 1. The molecule has 0 saturated heterocycles. The van der Waals surface area contributed by atoms with Crippen LogP contribution in [0.15, 0.2) is 30.3 Å². The maximum Gasteiger partial charge on any atom is 0.290 e. The first-order valence-corrected chi connectivity index (χ1v) is 8.72. The van der Waals surface area contributed by atoms with Crippen LogP contribution in [0.3, 0.4) is 0 Å². The molecule has 1 aromatic heterocycles. The van der Waals surface area contributed by atoms with Gasteiger partial charge in [-0.05, 0) is 29.3 Å². The highest BCUT2D eigenvalue weighted by Gasteiger charge is 2.30. The van der Waals surface area contributed by atoms with E-state index in [0.29, 0.717) is 19.6 Å². The van der Waals surface area contributed by atoms with Crippen molar-refractivity contribution in [1.82, 2.24) is 15.0 Å². The van der Waals surface area contributed by atoms with Gasteiger partial charge in [0.1, 0.15) is 18.7 Å². The highest BCUT2D eigenvalue weighted by molar-refractivity contribution is 6.03. The molecule has 1 unspecified atom stereocenters.